The summed E-state index contributed by atoms with van der Waals surface area (Å²) in [4.78, 5) is 10.6. The molecule has 2 rings (SSSR count). The highest BCUT2D eigenvalue weighted by Crippen LogP contribution is 2.35. The topological polar surface area (TPSA) is 61.6 Å². The second kappa shape index (κ2) is 11.0. The largest absolute Gasteiger partial charge is 0.490 e. The highest BCUT2D eigenvalue weighted by Gasteiger charge is 2.23. The lowest BCUT2D eigenvalue weighted by molar-refractivity contribution is -0.385. The van der Waals surface area contributed by atoms with Crippen LogP contribution in [0.15, 0.2) is 18.2 Å². The van der Waals surface area contributed by atoms with Gasteiger partial charge in [-0.15, -0.1) is 0 Å². The summed E-state index contributed by atoms with van der Waals surface area (Å²) >= 11 is 0. The Kier molecular flexibility index (Phi) is 8.56. The molecule has 1 fully saturated rings. The van der Waals surface area contributed by atoms with Crippen LogP contribution >= 0.6 is 0 Å². The molecule has 1 aromatic rings. The molecule has 0 saturated heterocycles. The number of nitro benzene ring substituents is 1. The Morgan fingerprint density at radius 1 is 1.00 bits per heavy atom. The first kappa shape index (κ1) is 19.5. The maximum absolute atomic E-state index is 11.0. The van der Waals surface area contributed by atoms with Gasteiger partial charge in [0, 0.05) is 6.07 Å². The zero-order valence-corrected chi connectivity index (χ0v) is 15.4. The number of nitro groups is 1. The predicted molar refractivity (Wildman–Crippen MR) is 99.4 cm³/mol. The number of hydrogen-bond acceptors (Lipinski definition) is 4. The van der Waals surface area contributed by atoms with E-state index in [1.807, 2.05) is 0 Å². The number of rotatable bonds is 14. The molecule has 0 bridgehead atoms. The van der Waals surface area contributed by atoms with Crippen LogP contribution in [0.4, 0.5) is 5.69 Å². The summed E-state index contributed by atoms with van der Waals surface area (Å²) in [6.07, 6.45) is 12.4. The van der Waals surface area contributed by atoms with E-state index >= 15 is 0 Å². The third-order valence-corrected chi connectivity index (χ3v) is 4.57. The zero-order valence-electron chi connectivity index (χ0n) is 15.4. The van der Waals surface area contributed by atoms with Crippen LogP contribution in [0.1, 0.15) is 71.1 Å². The molecule has 25 heavy (non-hydrogen) atoms. The maximum atomic E-state index is 11.0. The second-order valence-corrected chi connectivity index (χ2v) is 6.97. The van der Waals surface area contributed by atoms with Crippen molar-refractivity contribution in [3.05, 3.63) is 28.3 Å². The fraction of sp³-hybridized carbons (Fsp3) is 0.700. The van der Waals surface area contributed by atoms with E-state index in [2.05, 4.69) is 6.92 Å². The lowest BCUT2D eigenvalue weighted by Gasteiger charge is -2.12. The number of hydrogen-bond donors (Lipinski definition) is 0. The summed E-state index contributed by atoms with van der Waals surface area (Å²) < 4.78 is 11.6. The molecular weight excluding hydrogens is 318 g/mol. The molecule has 0 spiro atoms. The van der Waals surface area contributed by atoms with Gasteiger partial charge in [-0.05, 0) is 31.2 Å². The van der Waals surface area contributed by atoms with Crippen molar-refractivity contribution in [3.63, 3.8) is 0 Å². The summed E-state index contributed by atoms with van der Waals surface area (Å²) in [6, 6.07) is 4.61. The van der Waals surface area contributed by atoms with Crippen LogP contribution in [-0.4, -0.2) is 18.1 Å². The first-order valence-electron chi connectivity index (χ1n) is 9.74. The van der Waals surface area contributed by atoms with E-state index < -0.39 is 4.92 Å². The summed E-state index contributed by atoms with van der Waals surface area (Å²) in [5.74, 6) is 1.72. The molecule has 1 aliphatic carbocycles. The van der Waals surface area contributed by atoms with Crippen LogP contribution < -0.4 is 9.47 Å². The molecule has 5 nitrogen and oxygen atoms in total. The van der Waals surface area contributed by atoms with Gasteiger partial charge in [0.2, 0.25) is 0 Å². The van der Waals surface area contributed by atoms with Gasteiger partial charge in [-0.1, -0.05) is 51.9 Å². The Balaban J connectivity index is 1.71. The number of non-ortho nitro benzene ring substituents is 1. The van der Waals surface area contributed by atoms with Crippen LogP contribution in [0.25, 0.3) is 0 Å². The lowest BCUT2D eigenvalue weighted by atomic mass is 10.1. The Hall–Kier alpha value is -1.78. The minimum atomic E-state index is -0.397. The lowest BCUT2D eigenvalue weighted by Crippen LogP contribution is -2.04. The molecule has 0 heterocycles. The Morgan fingerprint density at radius 3 is 2.32 bits per heavy atom. The highest BCUT2D eigenvalue weighted by atomic mass is 16.6. The summed E-state index contributed by atoms with van der Waals surface area (Å²) in [5.41, 5.74) is 0.0465. The molecule has 1 aliphatic rings. The maximum Gasteiger partial charge on any atom is 0.273 e. The van der Waals surface area contributed by atoms with E-state index in [-0.39, 0.29) is 5.69 Å². The van der Waals surface area contributed by atoms with E-state index in [9.17, 15) is 10.1 Å². The SMILES string of the molecule is CCCCCCCCCCOc1ccc([N+](=O)[O-])cc1OCC1CC1. The van der Waals surface area contributed by atoms with E-state index in [1.54, 1.807) is 6.07 Å². The van der Waals surface area contributed by atoms with Crippen molar-refractivity contribution in [1.29, 1.82) is 0 Å². The van der Waals surface area contributed by atoms with E-state index in [4.69, 9.17) is 9.47 Å². The predicted octanol–water partition coefficient (Wildman–Crippen LogP) is 5.90. The second-order valence-electron chi connectivity index (χ2n) is 6.97. The van der Waals surface area contributed by atoms with E-state index in [0.29, 0.717) is 30.6 Å². The molecule has 0 atom stereocenters. The Bertz CT molecular complexity index is 528. The van der Waals surface area contributed by atoms with E-state index in [0.717, 1.165) is 12.8 Å². The minimum absolute atomic E-state index is 0.0465. The average molecular weight is 349 g/mol. The van der Waals surface area contributed by atoms with Gasteiger partial charge in [-0.2, -0.15) is 0 Å². The molecule has 0 unspecified atom stereocenters. The minimum Gasteiger partial charge on any atom is -0.490 e. The summed E-state index contributed by atoms with van der Waals surface area (Å²) in [6.45, 7) is 3.49. The van der Waals surface area contributed by atoms with Crippen molar-refractivity contribution in [2.75, 3.05) is 13.2 Å². The molecule has 0 amide bonds. The van der Waals surface area contributed by atoms with Gasteiger partial charge in [0.1, 0.15) is 0 Å². The Morgan fingerprint density at radius 2 is 1.68 bits per heavy atom. The molecule has 0 radical (unpaired) electrons. The highest BCUT2D eigenvalue weighted by molar-refractivity contribution is 5.48. The van der Waals surface area contributed by atoms with Crippen LogP contribution in [-0.2, 0) is 0 Å². The third-order valence-electron chi connectivity index (χ3n) is 4.57. The zero-order chi connectivity index (χ0) is 17.9. The Labute approximate surface area is 150 Å². The fourth-order valence-electron chi connectivity index (χ4n) is 2.75. The molecule has 0 N–H and O–H groups in total. The molecule has 0 aliphatic heterocycles. The van der Waals surface area contributed by atoms with Crippen molar-refractivity contribution in [3.8, 4) is 11.5 Å². The van der Waals surface area contributed by atoms with Gasteiger partial charge < -0.3 is 9.47 Å². The standard InChI is InChI=1S/C20H31NO4/c1-2-3-4-5-6-7-8-9-14-24-19-13-12-18(21(22)23)15-20(19)25-16-17-10-11-17/h12-13,15,17H,2-11,14,16H2,1H3. The van der Waals surface area contributed by atoms with Crippen molar-refractivity contribution in [2.24, 2.45) is 5.92 Å². The number of unbranched alkanes of at least 4 members (excludes halogenated alkanes) is 7. The monoisotopic (exact) mass is 349 g/mol. The van der Waals surface area contributed by atoms with Gasteiger partial charge in [0.25, 0.3) is 5.69 Å². The fourth-order valence-corrected chi connectivity index (χ4v) is 2.75. The summed E-state index contributed by atoms with van der Waals surface area (Å²) in [7, 11) is 0. The van der Waals surface area contributed by atoms with Gasteiger partial charge in [0.15, 0.2) is 11.5 Å². The molecule has 0 aromatic heterocycles. The van der Waals surface area contributed by atoms with Gasteiger partial charge in [-0.3, -0.25) is 10.1 Å². The van der Waals surface area contributed by atoms with Crippen molar-refractivity contribution in [1.82, 2.24) is 0 Å². The number of ether oxygens (including phenoxy) is 2. The van der Waals surface area contributed by atoms with Crippen molar-refractivity contribution in [2.45, 2.75) is 71.1 Å². The normalized spacial score (nSPS) is 13.6. The van der Waals surface area contributed by atoms with Crippen LogP contribution in [0.3, 0.4) is 0 Å². The average Bonchev–Trinajstić information content (AvgIpc) is 3.43. The van der Waals surface area contributed by atoms with Crippen LogP contribution in [0.2, 0.25) is 0 Å². The molecular formula is C20H31NO4. The van der Waals surface area contributed by atoms with Crippen molar-refractivity contribution >= 4 is 5.69 Å². The van der Waals surface area contributed by atoms with E-state index in [1.165, 1.54) is 63.5 Å². The van der Waals surface area contributed by atoms with Gasteiger partial charge in [-0.25, -0.2) is 0 Å². The van der Waals surface area contributed by atoms with Gasteiger partial charge in [0.05, 0.1) is 24.2 Å². The molecule has 1 aromatic carbocycles. The summed E-state index contributed by atoms with van der Waals surface area (Å²) in [5, 5.41) is 11.0. The molecule has 5 heteroatoms. The third kappa shape index (κ3) is 7.76. The number of benzene rings is 1. The van der Waals surface area contributed by atoms with Crippen molar-refractivity contribution < 1.29 is 14.4 Å². The van der Waals surface area contributed by atoms with Crippen LogP contribution in [0.5, 0.6) is 11.5 Å². The molecule has 140 valence electrons. The smallest absolute Gasteiger partial charge is 0.273 e. The molecule has 1 saturated carbocycles. The first-order chi connectivity index (χ1) is 12.2. The quantitative estimate of drug-likeness (QED) is 0.238. The van der Waals surface area contributed by atoms with Gasteiger partial charge >= 0.3 is 0 Å². The first-order valence-corrected chi connectivity index (χ1v) is 9.74. The van der Waals surface area contributed by atoms with Crippen LogP contribution in [0, 0.1) is 16.0 Å². The number of nitrogens with zero attached hydrogens (tertiary/aromatic N) is 1.